The Morgan fingerprint density at radius 3 is 0.516 bits per heavy atom. The molecule has 452 valence electrons. The van der Waals surface area contributed by atoms with Gasteiger partial charge in [0.25, 0.3) is 0 Å². The Hall–Kier alpha value is -12.0. The topological polar surface area (TPSA) is 161 Å². The second-order valence-electron chi connectivity index (χ2n) is 20.8. The molecule has 9 rings (SSSR count). The number of ether oxygens (including phenoxy) is 6. The first-order valence-electron chi connectivity index (χ1n) is 28.8. The van der Waals surface area contributed by atoms with Crippen molar-refractivity contribution in [3.05, 3.63) is 340 Å². The van der Waals surface area contributed by atoms with Gasteiger partial charge >= 0.3 is 35.8 Å². The van der Waals surface area contributed by atoms with Crippen molar-refractivity contribution in [2.24, 2.45) is 0 Å². The van der Waals surface area contributed by atoms with Crippen LogP contribution in [0.3, 0.4) is 0 Å². The lowest BCUT2D eigenvalue weighted by molar-refractivity contribution is 0.0453. The summed E-state index contributed by atoms with van der Waals surface area (Å²) in [6, 6.07) is 55.6. The van der Waals surface area contributed by atoms with E-state index in [1.54, 1.807) is 109 Å². The van der Waals surface area contributed by atoms with Gasteiger partial charge < -0.3 is 33.3 Å². The van der Waals surface area contributed by atoms with E-state index < -0.39 is 35.8 Å². The van der Waals surface area contributed by atoms with Crippen molar-refractivity contribution in [1.29, 1.82) is 0 Å². The van der Waals surface area contributed by atoms with Gasteiger partial charge in [0.05, 0.1) is 33.4 Å². The summed E-state index contributed by atoms with van der Waals surface area (Å²) in [5.74, 6) is -5.19. The summed E-state index contributed by atoms with van der Waals surface area (Å²) in [6.07, 6.45) is 10.1. The number of hydrogen-bond acceptors (Lipinski definition) is 13. The van der Waals surface area contributed by atoms with Crippen LogP contribution in [0.5, 0.6) is 0 Å². The number of carbonyl (C=O) groups excluding carboxylic acids is 6. The van der Waals surface area contributed by atoms with Crippen LogP contribution in [0.25, 0.3) is 36.5 Å². The highest BCUT2D eigenvalue weighted by Gasteiger charge is 2.27. The van der Waals surface area contributed by atoms with Crippen LogP contribution in [0.1, 0.15) is 129 Å². The van der Waals surface area contributed by atoms with Crippen LogP contribution in [0.15, 0.2) is 240 Å². The zero-order chi connectivity index (χ0) is 64.2. The summed E-state index contributed by atoms with van der Waals surface area (Å²) in [7, 11) is 0. The van der Waals surface area contributed by atoms with Gasteiger partial charge in [-0.25, -0.2) is 28.8 Å². The summed E-state index contributed by atoms with van der Waals surface area (Å²) in [6.45, 7) is 21.9. The Morgan fingerprint density at radius 1 is 0.242 bits per heavy atom. The molecule has 0 saturated heterocycles. The minimum Gasteiger partial charge on any atom is -0.457 e. The normalized spacial score (nSPS) is 10.5. The first-order valence-corrected chi connectivity index (χ1v) is 28.8. The lowest BCUT2D eigenvalue weighted by Crippen LogP contribution is -2.18. The third kappa shape index (κ3) is 17.2. The summed E-state index contributed by atoms with van der Waals surface area (Å²) in [5.41, 5.74) is 8.13. The van der Waals surface area contributed by atoms with E-state index in [9.17, 15) is 28.8 Å². The smallest absolute Gasteiger partial charge is 0.338 e. The zero-order valence-corrected chi connectivity index (χ0v) is 49.8. The number of nitrogens with zero attached hydrogens (tertiary/aromatic N) is 1. The molecule has 0 spiro atoms. The Kier molecular flexibility index (Phi) is 21.4. The number of carbonyl (C=O) groups is 6. The third-order valence-corrected chi connectivity index (χ3v) is 14.5. The highest BCUT2D eigenvalue weighted by atomic mass is 16.6. The summed E-state index contributed by atoms with van der Waals surface area (Å²) < 4.78 is 35.5. The van der Waals surface area contributed by atoms with E-state index in [0.717, 1.165) is 33.4 Å². The Labute approximate surface area is 528 Å². The molecule has 9 aromatic carbocycles. The second kappa shape index (κ2) is 30.6. The van der Waals surface area contributed by atoms with E-state index in [-0.39, 0.29) is 90.1 Å². The largest absolute Gasteiger partial charge is 0.457 e. The number of hydrogen-bond donors (Lipinski definition) is 0. The van der Waals surface area contributed by atoms with E-state index in [1.807, 2.05) is 72.8 Å². The average Bonchev–Trinajstić information content (AvgIpc) is 0.878. The van der Waals surface area contributed by atoms with E-state index >= 15 is 0 Å². The van der Waals surface area contributed by atoms with E-state index in [4.69, 9.17) is 28.4 Å². The number of esters is 6. The molecule has 13 heteroatoms. The van der Waals surface area contributed by atoms with Crippen LogP contribution in [-0.4, -0.2) is 35.8 Å². The molecule has 91 heavy (non-hydrogen) atoms. The van der Waals surface area contributed by atoms with Gasteiger partial charge in [-0.05, 0) is 121 Å². The second-order valence-corrected chi connectivity index (χ2v) is 20.8. The Morgan fingerprint density at radius 2 is 0.385 bits per heavy atom. The van der Waals surface area contributed by atoms with Crippen LogP contribution in [0.4, 0.5) is 17.1 Å². The maximum atomic E-state index is 14.6. The summed E-state index contributed by atoms with van der Waals surface area (Å²) in [5, 5.41) is 0. The van der Waals surface area contributed by atoms with Crippen molar-refractivity contribution < 1.29 is 57.2 Å². The number of anilines is 3. The van der Waals surface area contributed by atoms with E-state index in [1.165, 1.54) is 59.5 Å². The molecule has 0 fully saturated rings. The van der Waals surface area contributed by atoms with Gasteiger partial charge in [-0.15, -0.1) is 0 Å². The molecule has 0 unspecified atom stereocenters. The minimum atomic E-state index is -0.864. The van der Waals surface area contributed by atoms with Crippen molar-refractivity contribution >= 4 is 89.3 Å². The maximum absolute atomic E-state index is 14.6. The molecule has 0 aliphatic carbocycles. The SMILES string of the molecule is C=Cc1ccc(COC(=O)c2cc(C(=O)OCc3ccc(C=C)cc3)cc(N(c3cc(C(=O)OCc4ccc(C=C)cc4)cc(C(=O)OCc4ccc(C=C)cc4)c3)c3cc(C(=O)OCc4ccc(C=C)cc4)cc(C(=O)OCc4ccc(C=C)cc4)c3)c2)cc1. The Bertz CT molecular complexity index is 3510. The van der Waals surface area contributed by atoms with Gasteiger partial charge in [0.1, 0.15) is 39.6 Å². The molecule has 0 aliphatic heterocycles. The van der Waals surface area contributed by atoms with Gasteiger partial charge in [0, 0.05) is 17.1 Å². The molecule has 0 bridgehead atoms. The van der Waals surface area contributed by atoms with Crippen LogP contribution >= 0.6 is 0 Å². The molecule has 0 radical (unpaired) electrons. The van der Waals surface area contributed by atoms with Crippen molar-refractivity contribution in [2.75, 3.05) is 4.90 Å². The predicted octanol–water partition coefficient (Wildman–Crippen LogP) is 17.2. The fourth-order valence-corrected chi connectivity index (χ4v) is 9.27. The maximum Gasteiger partial charge on any atom is 0.338 e. The standard InChI is InChI=1S/C78H63NO12/c1-7-52-13-25-58(26-14-52)46-86-73(80)64-37-65(74(81)87-47-59-27-15-53(8-2)16-28-59)41-70(40-64)79(71-42-66(75(82)88-48-60-29-17-54(9-3)18-30-60)38-67(43-71)76(83)89-49-61-31-19-55(10-4)20-32-61)72-44-68(77(84)90-50-62-33-21-56(11-5)22-34-62)39-69(45-72)78(85)91-51-63-35-23-57(12-6)24-36-63/h7-45H,1-6,46-51H2. The van der Waals surface area contributed by atoms with Crippen LogP contribution in [-0.2, 0) is 68.1 Å². The fourth-order valence-electron chi connectivity index (χ4n) is 9.27. The molecule has 0 amide bonds. The highest BCUT2D eigenvalue weighted by molar-refractivity contribution is 6.02. The van der Waals surface area contributed by atoms with Crippen LogP contribution < -0.4 is 4.90 Å². The van der Waals surface area contributed by atoms with Crippen LogP contribution in [0.2, 0.25) is 0 Å². The molecule has 0 heterocycles. The van der Waals surface area contributed by atoms with Gasteiger partial charge in [-0.2, -0.15) is 0 Å². The molecule has 0 aromatic heterocycles. The van der Waals surface area contributed by atoms with Crippen molar-refractivity contribution in [1.82, 2.24) is 0 Å². The Balaban J connectivity index is 1.23. The van der Waals surface area contributed by atoms with Crippen molar-refractivity contribution in [3.63, 3.8) is 0 Å². The summed E-state index contributed by atoms with van der Waals surface area (Å²) >= 11 is 0. The molecule has 0 aliphatic rings. The molecule has 0 N–H and O–H groups in total. The lowest BCUT2D eigenvalue weighted by Gasteiger charge is -2.28. The van der Waals surface area contributed by atoms with Gasteiger partial charge in [0.2, 0.25) is 0 Å². The first-order chi connectivity index (χ1) is 44.2. The molecular formula is C78H63NO12. The molecule has 9 aromatic rings. The third-order valence-electron chi connectivity index (χ3n) is 14.5. The molecule has 13 nitrogen and oxygen atoms in total. The summed E-state index contributed by atoms with van der Waals surface area (Å²) in [4.78, 5) is 89.0. The van der Waals surface area contributed by atoms with E-state index in [2.05, 4.69) is 39.5 Å². The quantitative estimate of drug-likeness (QED) is 0.0354. The monoisotopic (exact) mass is 1210 g/mol. The van der Waals surface area contributed by atoms with Gasteiger partial charge in [-0.1, -0.05) is 222 Å². The highest BCUT2D eigenvalue weighted by Crippen LogP contribution is 2.39. The van der Waals surface area contributed by atoms with Gasteiger partial charge in [-0.3, -0.25) is 0 Å². The molecule has 0 saturated carbocycles. The number of rotatable bonds is 27. The van der Waals surface area contributed by atoms with Crippen molar-refractivity contribution in [2.45, 2.75) is 39.6 Å². The lowest BCUT2D eigenvalue weighted by atomic mass is 10.0. The fraction of sp³-hybridized carbons (Fsp3) is 0.0769. The van der Waals surface area contributed by atoms with E-state index in [0.29, 0.717) is 33.4 Å². The first kappa shape index (κ1) is 63.5. The molecule has 0 atom stereocenters. The minimum absolute atomic E-state index is 0.0102. The zero-order valence-electron chi connectivity index (χ0n) is 49.8. The number of benzene rings is 9. The van der Waals surface area contributed by atoms with Crippen LogP contribution in [0, 0.1) is 0 Å². The average molecular weight is 1210 g/mol. The molecular weight excluding hydrogens is 1140 g/mol. The van der Waals surface area contributed by atoms with Crippen molar-refractivity contribution in [3.8, 4) is 0 Å². The van der Waals surface area contributed by atoms with Gasteiger partial charge in [0.15, 0.2) is 0 Å². The predicted molar refractivity (Wildman–Crippen MR) is 355 cm³/mol.